The molecule has 0 saturated carbocycles. The van der Waals surface area contributed by atoms with Gasteiger partial charge in [0.25, 0.3) is 5.91 Å². The number of hydrogen-bond acceptors (Lipinski definition) is 4. The summed E-state index contributed by atoms with van der Waals surface area (Å²) >= 11 is 0. The van der Waals surface area contributed by atoms with E-state index in [9.17, 15) is 14.4 Å². The Bertz CT molecular complexity index is 1380. The molecule has 0 atom stereocenters. The molecule has 0 unspecified atom stereocenters. The van der Waals surface area contributed by atoms with Crippen LogP contribution < -0.4 is 15.5 Å². The minimum absolute atomic E-state index is 0.0334. The molecule has 202 valence electrons. The minimum Gasteiger partial charge on any atom is -0.339 e. The second-order valence-corrected chi connectivity index (χ2v) is 10.5. The van der Waals surface area contributed by atoms with Gasteiger partial charge < -0.3 is 25.3 Å². The van der Waals surface area contributed by atoms with E-state index in [1.165, 1.54) is 0 Å². The number of nitrogens with one attached hydrogen (secondary N) is 2. The van der Waals surface area contributed by atoms with Gasteiger partial charge in [0, 0.05) is 30.2 Å². The van der Waals surface area contributed by atoms with Crippen molar-refractivity contribution in [1.29, 1.82) is 0 Å². The van der Waals surface area contributed by atoms with Crippen LogP contribution in [0.3, 0.4) is 0 Å². The third kappa shape index (κ3) is 5.32. The Morgan fingerprint density at radius 2 is 1.51 bits per heavy atom. The SMILES string of the molecule is Cc1ccc(NC(=O)CN2CN(c3ccccc3)C3(CCN(C(=O)Nc4ccccc4C)CC3)C2=O)cc1C. The molecule has 0 aromatic heterocycles. The van der Waals surface area contributed by atoms with Gasteiger partial charge in [-0.25, -0.2) is 4.79 Å². The summed E-state index contributed by atoms with van der Waals surface area (Å²) in [5, 5.41) is 5.94. The van der Waals surface area contributed by atoms with Crippen LogP contribution in [0.4, 0.5) is 21.9 Å². The van der Waals surface area contributed by atoms with Crippen LogP contribution in [0.2, 0.25) is 0 Å². The lowest BCUT2D eigenvalue weighted by atomic mass is 9.85. The number of amides is 4. The molecule has 8 heteroatoms. The number of likely N-dealkylation sites (tertiary alicyclic amines) is 1. The number of carbonyl (C=O) groups excluding carboxylic acids is 3. The van der Waals surface area contributed by atoms with Crippen molar-refractivity contribution >= 4 is 34.9 Å². The lowest BCUT2D eigenvalue weighted by Crippen LogP contribution is -2.58. The van der Waals surface area contributed by atoms with Gasteiger partial charge in [-0.15, -0.1) is 0 Å². The molecule has 5 rings (SSSR count). The summed E-state index contributed by atoms with van der Waals surface area (Å²) in [5.74, 6) is -0.299. The molecule has 2 N–H and O–H groups in total. The summed E-state index contributed by atoms with van der Waals surface area (Å²) in [6.45, 7) is 7.15. The van der Waals surface area contributed by atoms with Gasteiger partial charge >= 0.3 is 6.03 Å². The Balaban J connectivity index is 1.31. The van der Waals surface area contributed by atoms with Crippen LogP contribution in [-0.2, 0) is 9.59 Å². The number of piperidine rings is 1. The second kappa shape index (κ2) is 10.8. The molecular formula is C31H35N5O3. The Labute approximate surface area is 229 Å². The molecule has 2 aliphatic heterocycles. The van der Waals surface area contributed by atoms with Gasteiger partial charge in [0.1, 0.15) is 12.1 Å². The monoisotopic (exact) mass is 525 g/mol. The van der Waals surface area contributed by atoms with Crippen molar-refractivity contribution in [2.24, 2.45) is 0 Å². The maximum absolute atomic E-state index is 14.0. The van der Waals surface area contributed by atoms with Gasteiger partial charge in [-0.3, -0.25) is 9.59 Å². The Kier molecular flexibility index (Phi) is 7.28. The van der Waals surface area contributed by atoms with E-state index in [2.05, 4.69) is 15.5 Å². The van der Waals surface area contributed by atoms with Crippen LogP contribution in [0.1, 0.15) is 29.5 Å². The van der Waals surface area contributed by atoms with Crippen molar-refractivity contribution < 1.29 is 14.4 Å². The number of para-hydroxylation sites is 2. The van der Waals surface area contributed by atoms with Crippen molar-refractivity contribution in [3.8, 4) is 0 Å². The smallest absolute Gasteiger partial charge is 0.321 e. The summed E-state index contributed by atoms with van der Waals surface area (Å²) < 4.78 is 0. The predicted octanol–water partition coefficient (Wildman–Crippen LogP) is 4.92. The van der Waals surface area contributed by atoms with Crippen LogP contribution in [0.25, 0.3) is 0 Å². The van der Waals surface area contributed by atoms with Crippen molar-refractivity contribution in [3.63, 3.8) is 0 Å². The highest BCUT2D eigenvalue weighted by molar-refractivity contribution is 5.99. The van der Waals surface area contributed by atoms with Crippen LogP contribution in [0.5, 0.6) is 0 Å². The fraction of sp³-hybridized carbons (Fsp3) is 0.323. The highest BCUT2D eigenvalue weighted by Gasteiger charge is 2.54. The highest BCUT2D eigenvalue weighted by Crippen LogP contribution is 2.39. The van der Waals surface area contributed by atoms with Crippen molar-refractivity contribution in [1.82, 2.24) is 9.80 Å². The van der Waals surface area contributed by atoms with Crippen molar-refractivity contribution in [2.75, 3.05) is 41.8 Å². The van der Waals surface area contributed by atoms with Crippen LogP contribution in [0, 0.1) is 20.8 Å². The van der Waals surface area contributed by atoms with E-state index in [4.69, 9.17) is 0 Å². The third-order valence-corrected chi connectivity index (χ3v) is 7.97. The average molecular weight is 526 g/mol. The third-order valence-electron chi connectivity index (χ3n) is 7.97. The zero-order chi connectivity index (χ0) is 27.6. The molecule has 8 nitrogen and oxygen atoms in total. The Hall–Kier alpha value is -4.33. The fourth-order valence-corrected chi connectivity index (χ4v) is 5.50. The normalized spacial score (nSPS) is 16.5. The number of nitrogens with zero attached hydrogens (tertiary/aromatic N) is 3. The quantitative estimate of drug-likeness (QED) is 0.495. The van der Waals surface area contributed by atoms with E-state index in [1.54, 1.807) is 9.80 Å². The molecule has 2 heterocycles. The zero-order valence-electron chi connectivity index (χ0n) is 22.7. The Morgan fingerprint density at radius 1 is 0.821 bits per heavy atom. The van der Waals surface area contributed by atoms with Gasteiger partial charge in [-0.05, 0) is 80.6 Å². The average Bonchev–Trinajstić information content (AvgIpc) is 3.19. The molecule has 0 radical (unpaired) electrons. The fourth-order valence-electron chi connectivity index (χ4n) is 5.50. The van der Waals surface area contributed by atoms with Crippen LogP contribution >= 0.6 is 0 Å². The summed E-state index contributed by atoms with van der Waals surface area (Å²) in [5.41, 5.74) is 4.88. The molecule has 2 fully saturated rings. The van der Waals surface area contributed by atoms with Gasteiger partial charge in [0.15, 0.2) is 0 Å². The summed E-state index contributed by atoms with van der Waals surface area (Å²) in [4.78, 5) is 45.5. The van der Waals surface area contributed by atoms with Gasteiger partial charge in [0.05, 0.1) is 6.67 Å². The lowest BCUT2D eigenvalue weighted by molar-refractivity contribution is -0.136. The lowest BCUT2D eigenvalue weighted by Gasteiger charge is -2.43. The number of hydrogen-bond donors (Lipinski definition) is 2. The zero-order valence-corrected chi connectivity index (χ0v) is 22.7. The molecule has 2 aliphatic rings. The predicted molar refractivity (Wildman–Crippen MR) is 154 cm³/mol. The van der Waals surface area contributed by atoms with E-state index in [0.29, 0.717) is 32.6 Å². The molecule has 2 saturated heterocycles. The molecule has 3 aromatic carbocycles. The highest BCUT2D eigenvalue weighted by atomic mass is 16.2. The van der Waals surface area contributed by atoms with Gasteiger partial charge in [-0.1, -0.05) is 42.5 Å². The number of benzene rings is 3. The van der Waals surface area contributed by atoms with E-state index < -0.39 is 5.54 Å². The standard InChI is InChI=1S/C31H35N5O3/c1-22-13-14-25(19-24(22)3)32-28(37)20-35-21-36(26-10-5-4-6-11-26)31(29(35)38)15-17-34(18-16-31)30(39)33-27-12-8-7-9-23(27)2/h4-14,19H,15-18,20-21H2,1-3H3,(H,32,37)(H,33,39). The first kappa shape index (κ1) is 26.3. The molecule has 0 bridgehead atoms. The number of urea groups is 1. The van der Waals surface area contributed by atoms with E-state index in [0.717, 1.165) is 33.8 Å². The van der Waals surface area contributed by atoms with E-state index >= 15 is 0 Å². The molecule has 1 spiro atoms. The minimum atomic E-state index is -0.804. The summed E-state index contributed by atoms with van der Waals surface area (Å²) in [6, 6.07) is 23.1. The van der Waals surface area contributed by atoms with Crippen LogP contribution in [-0.4, -0.2) is 59.5 Å². The first-order chi connectivity index (χ1) is 18.8. The number of aryl methyl sites for hydroxylation is 3. The van der Waals surface area contributed by atoms with Gasteiger partial charge in [0.2, 0.25) is 5.91 Å². The molecule has 4 amide bonds. The Morgan fingerprint density at radius 3 is 2.21 bits per heavy atom. The number of rotatable bonds is 5. The second-order valence-electron chi connectivity index (χ2n) is 10.5. The number of anilines is 3. The van der Waals surface area contributed by atoms with E-state index in [1.807, 2.05) is 93.6 Å². The first-order valence-corrected chi connectivity index (χ1v) is 13.4. The van der Waals surface area contributed by atoms with E-state index in [-0.39, 0.29) is 24.4 Å². The van der Waals surface area contributed by atoms with Crippen molar-refractivity contribution in [2.45, 2.75) is 39.2 Å². The van der Waals surface area contributed by atoms with Crippen molar-refractivity contribution in [3.05, 3.63) is 89.5 Å². The maximum atomic E-state index is 14.0. The number of carbonyl (C=O) groups is 3. The molecular weight excluding hydrogens is 490 g/mol. The first-order valence-electron chi connectivity index (χ1n) is 13.4. The van der Waals surface area contributed by atoms with Crippen LogP contribution in [0.15, 0.2) is 72.8 Å². The maximum Gasteiger partial charge on any atom is 0.321 e. The topological polar surface area (TPSA) is 85.0 Å². The molecule has 0 aliphatic carbocycles. The molecule has 39 heavy (non-hydrogen) atoms. The molecule has 3 aromatic rings. The van der Waals surface area contributed by atoms with Gasteiger partial charge in [-0.2, -0.15) is 0 Å². The summed E-state index contributed by atoms with van der Waals surface area (Å²) in [7, 11) is 0. The largest absolute Gasteiger partial charge is 0.339 e. The summed E-state index contributed by atoms with van der Waals surface area (Å²) in [6.07, 6.45) is 0.967.